The molecule has 0 aromatic carbocycles. The minimum Gasteiger partial charge on any atom is -0.366 e. The summed E-state index contributed by atoms with van der Waals surface area (Å²) in [5, 5.41) is 7.43. The fourth-order valence-electron chi connectivity index (χ4n) is 3.48. The van der Waals surface area contributed by atoms with Crippen LogP contribution in [0.4, 0.5) is 11.6 Å². The monoisotopic (exact) mass is 392 g/mol. The normalized spacial score (nSPS) is 14.8. The molecule has 1 fully saturated rings. The van der Waals surface area contributed by atoms with Crippen LogP contribution in [0.3, 0.4) is 0 Å². The first kappa shape index (κ1) is 19.4. The average molecular weight is 393 g/mol. The van der Waals surface area contributed by atoms with Crippen LogP contribution in [-0.2, 0) is 6.54 Å². The molecule has 1 aliphatic rings. The van der Waals surface area contributed by atoms with Crippen molar-refractivity contribution in [1.29, 1.82) is 0 Å². The summed E-state index contributed by atoms with van der Waals surface area (Å²) in [6.07, 6.45) is 8.78. The maximum absolute atomic E-state index is 5.39. The van der Waals surface area contributed by atoms with Crippen LogP contribution in [0.5, 0.6) is 0 Å². The van der Waals surface area contributed by atoms with Crippen molar-refractivity contribution in [2.75, 3.05) is 23.3 Å². The molecule has 7 heteroatoms. The Labute approximate surface area is 171 Å². The molecule has 0 amide bonds. The van der Waals surface area contributed by atoms with Gasteiger partial charge in [-0.1, -0.05) is 31.8 Å². The van der Waals surface area contributed by atoms with E-state index in [0.717, 1.165) is 30.3 Å². The van der Waals surface area contributed by atoms with Crippen LogP contribution in [0, 0.1) is 0 Å². The molecule has 7 nitrogen and oxygen atoms in total. The second-order valence-corrected chi connectivity index (χ2v) is 7.82. The zero-order valence-electron chi connectivity index (χ0n) is 17.1. The van der Waals surface area contributed by atoms with Crippen LogP contribution in [0.2, 0.25) is 0 Å². The molecular weight excluding hydrogens is 364 g/mol. The predicted octanol–water partition coefficient (Wildman–Crippen LogP) is 4.64. The Kier molecular flexibility index (Phi) is 6.03. The van der Waals surface area contributed by atoms with Crippen molar-refractivity contribution < 1.29 is 4.52 Å². The van der Waals surface area contributed by atoms with E-state index in [1.807, 2.05) is 38.2 Å². The van der Waals surface area contributed by atoms with E-state index in [9.17, 15) is 0 Å². The third kappa shape index (κ3) is 4.91. The molecule has 0 saturated carbocycles. The van der Waals surface area contributed by atoms with Crippen molar-refractivity contribution >= 4 is 11.6 Å². The molecule has 1 aliphatic heterocycles. The third-order valence-corrected chi connectivity index (χ3v) is 5.18. The number of hydrogen-bond donors (Lipinski definition) is 1. The zero-order valence-corrected chi connectivity index (χ0v) is 17.1. The van der Waals surface area contributed by atoms with Crippen LogP contribution >= 0.6 is 0 Å². The second-order valence-electron chi connectivity index (χ2n) is 7.82. The van der Waals surface area contributed by atoms with Crippen molar-refractivity contribution in [2.24, 2.45) is 0 Å². The summed E-state index contributed by atoms with van der Waals surface area (Å²) in [5.41, 5.74) is 2.05. The number of anilines is 2. The molecular formula is C22H28N6O. The fourth-order valence-corrected chi connectivity index (χ4v) is 3.48. The van der Waals surface area contributed by atoms with Crippen molar-refractivity contribution in [1.82, 2.24) is 20.1 Å². The molecule has 1 saturated heterocycles. The Morgan fingerprint density at radius 2 is 1.83 bits per heavy atom. The van der Waals surface area contributed by atoms with Gasteiger partial charge in [0.15, 0.2) is 5.82 Å². The van der Waals surface area contributed by atoms with Gasteiger partial charge in [-0.15, -0.1) is 0 Å². The van der Waals surface area contributed by atoms with Gasteiger partial charge in [-0.2, -0.15) is 4.98 Å². The van der Waals surface area contributed by atoms with E-state index in [-0.39, 0.29) is 5.92 Å². The third-order valence-electron chi connectivity index (χ3n) is 5.18. The molecule has 0 atom stereocenters. The summed E-state index contributed by atoms with van der Waals surface area (Å²) < 4.78 is 5.39. The summed E-state index contributed by atoms with van der Waals surface area (Å²) in [7, 11) is 0. The molecule has 152 valence electrons. The molecule has 4 heterocycles. The Balaban J connectivity index is 1.43. The van der Waals surface area contributed by atoms with Crippen molar-refractivity contribution in [2.45, 2.75) is 52.0 Å². The van der Waals surface area contributed by atoms with E-state index in [4.69, 9.17) is 4.52 Å². The summed E-state index contributed by atoms with van der Waals surface area (Å²) in [6, 6.07) is 8.04. The van der Waals surface area contributed by atoms with Gasteiger partial charge in [0.1, 0.15) is 11.6 Å². The van der Waals surface area contributed by atoms with Gasteiger partial charge in [0.2, 0.25) is 0 Å². The predicted molar refractivity (Wildman–Crippen MR) is 114 cm³/mol. The first-order valence-electron chi connectivity index (χ1n) is 10.4. The number of aromatic nitrogens is 4. The molecule has 0 aliphatic carbocycles. The number of nitrogens with one attached hydrogen (secondary N) is 1. The molecule has 0 radical (unpaired) electrons. The molecule has 4 rings (SSSR count). The Morgan fingerprint density at radius 1 is 1.03 bits per heavy atom. The van der Waals surface area contributed by atoms with E-state index in [0.29, 0.717) is 18.3 Å². The minimum atomic E-state index is 0.233. The van der Waals surface area contributed by atoms with Gasteiger partial charge in [0.05, 0.1) is 0 Å². The van der Waals surface area contributed by atoms with E-state index in [1.54, 1.807) is 6.20 Å². The van der Waals surface area contributed by atoms with E-state index in [2.05, 4.69) is 36.4 Å². The van der Waals surface area contributed by atoms with Crippen molar-refractivity contribution in [3.8, 4) is 11.5 Å². The Bertz CT molecular complexity index is 930. The number of rotatable bonds is 6. The van der Waals surface area contributed by atoms with E-state index >= 15 is 0 Å². The fraction of sp³-hybridized carbons (Fsp3) is 0.455. The summed E-state index contributed by atoms with van der Waals surface area (Å²) >= 11 is 0. The molecule has 1 N–H and O–H groups in total. The van der Waals surface area contributed by atoms with Gasteiger partial charge < -0.3 is 14.7 Å². The van der Waals surface area contributed by atoms with Gasteiger partial charge in [0, 0.05) is 43.5 Å². The lowest BCUT2D eigenvalue weighted by Crippen LogP contribution is -2.25. The Hall–Kier alpha value is -2.96. The first-order valence-corrected chi connectivity index (χ1v) is 10.4. The van der Waals surface area contributed by atoms with E-state index in [1.165, 1.54) is 31.2 Å². The average Bonchev–Trinajstić information content (AvgIpc) is 3.09. The molecule has 0 unspecified atom stereocenters. The highest BCUT2D eigenvalue weighted by atomic mass is 16.5. The summed E-state index contributed by atoms with van der Waals surface area (Å²) in [4.78, 5) is 15.9. The lowest BCUT2D eigenvalue weighted by atomic mass is 10.2. The quantitative estimate of drug-likeness (QED) is 0.654. The standard InChI is InChI=1S/C22H28N6O/c1-16(2)21-26-22(29-27-21)18-8-10-23-19(14-18)25-15-17-7-9-24-20(13-17)28-11-5-3-4-6-12-28/h7-10,13-14,16H,3-6,11-12,15H2,1-2H3,(H,23,25). The Morgan fingerprint density at radius 3 is 2.59 bits per heavy atom. The maximum atomic E-state index is 5.39. The highest BCUT2D eigenvalue weighted by Crippen LogP contribution is 2.22. The van der Waals surface area contributed by atoms with Crippen LogP contribution in [-0.4, -0.2) is 33.2 Å². The van der Waals surface area contributed by atoms with Crippen molar-refractivity contribution in [3.05, 3.63) is 48.0 Å². The molecule has 29 heavy (non-hydrogen) atoms. The van der Waals surface area contributed by atoms with Crippen LogP contribution in [0.25, 0.3) is 11.5 Å². The number of pyridine rings is 2. The van der Waals surface area contributed by atoms with Crippen LogP contribution < -0.4 is 10.2 Å². The smallest absolute Gasteiger partial charge is 0.258 e. The SMILES string of the molecule is CC(C)c1noc(-c2ccnc(NCc3ccnc(N4CCCCCC4)c3)c2)n1. The topological polar surface area (TPSA) is 80.0 Å². The van der Waals surface area contributed by atoms with Crippen LogP contribution in [0.15, 0.2) is 41.2 Å². The van der Waals surface area contributed by atoms with Gasteiger partial charge in [-0.25, -0.2) is 9.97 Å². The lowest BCUT2D eigenvalue weighted by molar-refractivity contribution is 0.419. The molecule has 3 aromatic heterocycles. The van der Waals surface area contributed by atoms with Gasteiger partial charge >= 0.3 is 0 Å². The number of hydrogen-bond acceptors (Lipinski definition) is 7. The van der Waals surface area contributed by atoms with Gasteiger partial charge in [0.25, 0.3) is 5.89 Å². The summed E-state index contributed by atoms with van der Waals surface area (Å²) in [6.45, 7) is 6.96. The summed E-state index contributed by atoms with van der Waals surface area (Å²) in [5.74, 6) is 3.31. The highest BCUT2D eigenvalue weighted by Gasteiger charge is 2.13. The van der Waals surface area contributed by atoms with Crippen molar-refractivity contribution in [3.63, 3.8) is 0 Å². The lowest BCUT2D eigenvalue weighted by Gasteiger charge is -2.21. The number of nitrogens with zero attached hydrogens (tertiary/aromatic N) is 5. The second kappa shape index (κ2) is 9.03. The van der Waals surface area contributed by atoms with Crippen LogP contribution in [0.1, 0.15) is 56.8 Å². The maximum Gasteiger partial charge on any atom is 0.258 e. The zero-order chi connectivity index (χ0) is 20.1. The van der Waals surface area contributed by atoms with E-state index < -0.39 is 0 Å². The first-order chi connectivity index (χ1) is 14.2. The largest absolute Gasteiger partial charge is 0.366 e. The van der Waals surface area contributed by atoms with Gasteiger partial charge in [-0.3, -0.25) is 0 Å². The molecule has 3 aromatic rings. The minimum absolute atomic E-state index is 0.233. The van der Waals surface area contributed by atoms with Gasteiger partial charge in [-0.05, 0) is 42.7 Å². The highest BCUT2D eigenvalue weighted by molar-refractivity contribution is 5.58. The molecule has 0 spiro atoms. The molecule has 0 bridgehead atoms.